The molecule has 3 heterocycles. The first-order valence-electron chi connectivity index (χ1n) is 7.62. The summed E-state index contributed by atoms with van der Waals surface area (Å²) < 4.78 is 36.3. The molecule has 25 heavy (non-hydrogen) atoms. The Kier molecular flexibility index (Phi) is 5.41. The number of fused-ring (bicyclic) bond motifs is 1. The van der Waals surface area contributed by atoms with Gasteiger partial charge < -0.3 is 14.8 Å². The third-order valence-electron chi connectivity index (χ3n) is 4.12. The zero-order valence-corrected chi connectivity index (χ0v) is 15.4. The van der Waals surface area contributed by atoms with Crippen LogP contribution in [0.15, 0.2) is 30.3 Å². The van der Waals surface area contributed by atoms with Crippen LogP contribution in [-0.4, -0.2) is 37.4 Å². The van der Waals surface area contributed by atoms with E-state index in [4.69, 9.17) is 11.6 Å². The van der Waals surface area contributed by atoms with Gasteiger partial charge in [-0.05, 0) is 29.8 Å². The minimum atomic E-state index is -3.60. The van der Waals surface area contributed by atoms with Crippen LogP contribution in [0.25, 0.3) is 0 Å². The number of hydrogen-bond acceptors (Lipinski definition) is 5. The molecular weight excluding hydrogens is 393 g/mol. The topological polar surface area (TPSA) is 33.7 Å². The Bertz CT molecular complexity index is 753. The quantitative estimate of drug-likeness (QED) is 0.827. The number of hydrogen-bond donors (Lipinski definition) is 1. The molecule has 0 aliphatic carbocycles. The minimum Gasteiger partial charge on any atom is -0.395 e. The second-order valence-electron chi connectivity index (χ2n) is 5.70. The Morgan fingerprint density at radius 1 is 1.12 bits per heavy atom. The van der Waals surface area contributed by atoms with E-state index in [1.807, 2.05) is 18.2 Å². The summed E-state index contributed by atoms with van der Waals surface area (Å²) in [6.07, 6.45) is -3.60. The Labute approximate surface area is 159 Å². The van der Waals surface area contributed by atoms with Crippen LogP contribution in [0.2, 0.25) is 4.34 Å². The smallest absolute Gasteiger partial charge is 0.395 e. The Morgan fingerprint density at radius 3 is 2.52 bits per heavy atom. The number of rotatable bonds is 3. The van der Waals surface area contributed by atoms with Gasteiger partial charge in [-0.2, -0.15) is 0 Å². The number of alkyl halides is 2. The third-order valence-corrected chi connectivity index (χ3v) is 5.40. The van der Waals surface area contributed by atoms with E-state index in [1.165, 1.54) is 17.4 Å². The number of benzene rings is 1. The molecule has 4 rings (SSSR count). The molecule has 9 heteroatoms. The Hall–Kier alpha value is -1.12. The van der Waals surface area contributed by atoms with Gasteiger partial charge in [0.2, 0.25) is 0 Å². The van der Waals surface area contributed by atoms with Crippen molar-refractivity contribution < 1.29 is 18.3 Å². The molecule has 2 aromatic rings. The lowest BCUT2D eigenvalue weighted by Crippen LogP contribution is -2.45. The number of nitrogens with one attached hydrogen (secondary N) is 1. The fourth-order valence-electron chi connectivity index (χ4n) is 3.11. The van der Waals surface area contributed by atoms with Gasteiger partial charge in [0.15, 0.2) is 11.5 Å². The van der Waals surface area contributed by atoms with Crippen LogP contribution in [0, 0.1) is 0 Å². The molecule has 0 spiro atoms. The number of piperazine rings is 1. The standard InChI is InChI=1S/C16H15ClF2N2O2S.ClH/c17-14-4-3-13(24-14)15(21-7-5-20-6-8-21)10-1-2-11-12(9-10)23-16(18,19)22-11;/h1-4,9,15,20H,5-8H2;1H/t15-;/m1./s1. The fraction of sp³-hybridized carbons (Fsp3) is 0.375. The van der Waals surface area contributed by atoms with Crippen LogP contribution < -0.4 is 14.8 Å². The highest BCUT2D eigenvalue weighted by Crippen LogP contribution is 2.44. The predicted molar refractivity (Wildman–Crippen MR) is 95.5 cm³/mol. The maximum absolute atomic E-state index is 13.3. The van der Waals surface area contributed by atoms with Crippen LogP contribution in [0.5, 0.6) is 11.5 Å². The van der Waals surface area contributed by atoms with E-state index in [1.54, 1.807) is 6.07 Å². The minimum absolute atomic E-state index is 0. The first-order chi connectivity index (χ1) is 11.5. The zero-order valence-electron chi connectivity index (χ0n) is 13.0. The van der Waals surface area contributed by atoms with Crippen molar-refractivity contribution in [2.75, 3.05) is 26.2 Å². The van der Waals surface area contributed by atoms with Crippen molar-refractivity contribution in [3.8, 4) is 11.5 Å². The fourth-order valence-corrected chi connectivity index (χ4v) is 4.33. The molecule has 4 nitrogen and oxygen atoms in total. The van der Waals surface area contributed by atoms with E-state index in [0.29, 0.717) is 4.34 Å². The highest BCUT2D eigenvalue weighted by Gasteiger charge is 2.43. The summed E-state index contributed by atoms with van der Waals surface area (Å²) in [4.78, 5) is 3.39. The lowest BCUT2D eigenvalue weighted by atomic mass is 10.0. The number of halogens is 4. The summed E-state index contributed by atoms with van der Waals surface area (Å²) in [5, 5.41) is 3.32. The molecule has 0 unspecified atom stereocenters. The molecule has 0 bridgehead atoms. The van der Waals surface area contributed by atoms with Crippen LogP contribution in [0.3, 0.4) is 0 Å². The SMILES string of the molecule is Cl.FC1(F)Oc2ccc([C@H](c3ccc(Cl)s3)N3CCNCC3)cc2O1. The van der Waals surface area contributed by atoms with Crippen LogP contribution in [-0.2, 0) is 0 Å². The second-order valence-corrected chi connectivity index (χ2v) is 7.45. The molecule has 1 aromatic heterocycles. The lowest BCUT2D eigenvalue weighted by molar-refractivity contribution is -0.286. The van der Waals surface area contributed by atoms with Gasteiger partial charge in [0.1, 0.15) is 0 Å². The average Bonchev–Trinajstić information content (AvgIpc) is 3.10. The molecular formula is C16H16Cl2F2N2O2S. The van der Waals surface area contributed by atoms with Crippen molar-refractivity contribution in [2.24, 2.45) is 0 Å². The van der Waals surface area contributed by atoms with Gasteiger partial charge in [-0.3, -0.25) is 4.90 Å². The number of nitrogens with zero attached hydrogens (tertiary/aromatic N) is 1. The molecule has 1 fully saturated rings. The van der Waals surface area contributed by atoms with Crippen molar-refractivity contribution in [1.82, 2.24) is 10.2 Å². The molecule has 0 saturated carbocycles. The van der Waals surface area contributed by atoms with E-state index in [0.717, 1.165) is 36.6 Å². The van der Waals surface area contributed by atoms with E-state index >= 15 is 0 Å². The molecule has 1 aromatic carbocycles. The summed E-state index contributed by atoms with van der Waals surface area (Å²) in [5.74, 6) is 0.132. The van der Waals surface area contributed by atoms with E-state index in [9.17, 15) is 8.78 Å². The van der Waals surface area contributed by atoms with Gasteiger partial charge in [-0.15, -0.1) is 32.5 Å². The largest absolute Gasteiger partial charge is 0.586 e. The Morgan fingerprint density at radius 2 is 1.84 bits per heavy atom. The third kappa shape index (κ3) is 3.85. The van der Waals surface area contributed by atoms with Crippen molar-refractivity contribution in [3.05, 3.63) is 45.1 Å². The molecule has 1 saturated heterocycles. The van der Waals surface area contributed by atoms with Gasteiger partial charge in [0.25, 0.3) is 0 Å². The Balaban J connectivity index is 0.00000182. The summed E-state index contributed by atoms with van der Waals surface area (Å²) >= 11 is 7.61. The van der Waals surface area contributed by atoms with Crippen LogP contribution in [0.4, 0.5) is 8.78 Å². The van der Waals surface area contributed by atoms with Crippen molar-refractivity contribution in [1.29, 1.82) is 0 Å². The summed E-state index contributed by atoms with van der Waals surface area (Å²) in [5.41, 5.74) is 0.885. The maximum atomic E-state index is 13.3. The predicted octanol–water partition coefficient (Wildman–Crippen LogP) is 4.14. The van der Waals surface area contributed by atoms with Gasteiger partial charge in [-0.1, -0.05) is 17.7 Å². The first-order valence-corrected chi connectivity index (χ1v) is 8.81. The summed E-state index contributed by atoms with van der Waals surface area (Å²) in [7, 11) is 0. The second kappa shape index (κ2) is 7.25. The first kappa shape index (κ1) is 18.7. The van der Waals surface area contributed by atoms with Gasteiger partial charge >= 0.3 is 6.29 Å². The van der Waals surface area contributed by atoms with Gasteiger partial charge in [0, 0.05) is 31.1 Å². The van der Waals surface area contributed by atoms with E-state index in [2.05, 4.69) is 19.7 Å². The van der Waals surface area contributed by atoms with Gasteiger partial charge in [0.05, 0.1) is 10.4 Å². The average molecular weight is 409 g/mol. The number of ether oxygens (including phenoxy) is 2. The van der Waals surface area contributed by atoms with E-state index in [-0.39, 0.29) is 29.9 Å². The molecule has 1 atom stereocenters. The van der Waals surface area contributed by atoms with Crippen LogP contribution >= 0.6 is 35.3 Å². The van der Waals surface area contributed by atoms with Crippen molar-refractivity contribution >= 4 is 35.3 Å². The zero-order chi connectivity index (χ0) is 16.7. The summed E-state index contributed by atoms with van der Waals surface area (Å²) in [6.45, 7) is 3.51. The highest BCUT2D eigenvalue weighted by atomic mass is 35.5. The van der Waals surface area contributed by atoms with Crippen molar-refractivity contribution in [2.45, 2.75) is 12.3 Å². The highest BCUT2D eigenvalue weighted by molar-refractivity contribution is 7.16. The molecule has 0 radical (unpaired) electrons. The maximum Gasteiger partial charge on any atom is 0.586 e. The summed E-state index contributed by atoms with van der Waals surface area (Å²) in [6, 6.07) is 8.78. The molecule has 2 aliphatic heterocycles. The molecule has 2 aliphatic rings. The van der Waals surface area contributed by atoms with Crippen LogP contribution in [0.1, 0.15) is 16.5 Å². The van der Waals surface area contributed by atoms with E-state index < -0.39 is 6.29 Å². The molecule has 136 valence electrons. The van der Waals surface area contributed by atoms with Crippen molar-refractivity contribution in [3.63, 3.8) is 0 Å². The monoisotopic (exact) mass is 408 g/mol. The normalized spacial score (nSPS) is 20.1. The molecule has 1 N–H and O–H groups in total. The van der Waals surface area contributed by atoms with Gasteiger partial charge in [-0.25, -0.2) is 0 Å². The molecule has 0 amide bonds. The number of thiophene rings is 1. The lowest BCUT2D eigenvalue weighted by Gasteiger charge is -2.34.